The van der Waals surface area contributed by atoms with Crippen LogP contribution < -0.4 is 5.73 Å². The maximum Gasteiger partial charge on any atom is 0.192 e. The largest absolute Gasteiger partial charge is 0.383 e. The molecule has 0 aliphatic heterocycles. The number of hydrogen-bond donors (Lipinski definition) is 1. The molecule has 0 bridgehead atoms. The van der Waals surface area contributed by atoms with Gasteiger partial charge in [-0.05, 0) is 43.4 Å². The summed E-state index contributed by atoms with van der Waals surface area (Å²) >= 11 is 0. The molecular formula is C12H14N2O. The van der Waals surface area contributed by atoms with Crippen LogP contribution in [0.3, 0.4) is 0 Å². The molecule has 15 heavy (non-hydrogen) atoms. The molecule has 1 heterocycles. The maximum absolute atomic E-state index is 12.1. The van der Waals surface area contributed by atoms with Gasteiger partial charge in [0.05, 0.1) is 5.56 Å². The van der Waals surface area contributed by atoms with Gasteiger partial charge in [0.1, 0.15) is 5.82 Å². The molecular weight excluding hydrogens is 188 g/mol. The first-order valence-corrected chi connectivity index (χ1v) is 5.15. The number of Topliss-reactive ketones (excluding diaryl/α,β-unsaturated/α-hetero) is 1. The first-order chi connectivity index (χ1) is 7.20. The fourth-order valence-electron chi connectivity index (χ4n) is 1.91. The summed E-state index contributed by atoms with van der Waals surface area (Å²) in [6.07, 6.45) is 6.58. The molecule has 1 aliphatic carbocycles. The number of hydrogen-bond acceptors (Lipinski definition) is 3. The van der Waals surface area contributed by atoms with Crippen molar-refractivity contribution in [3.05, 3.63) is 35.0 Å². The highest BCUT2D eigenvalue weighted by atomic mass is 16.1. The first-order valence-electron chi connectivity index (χ1n) is 5.15. The number of pyridine rings is 1. The molecule has 0 saturated carbocycles. The summed E-state index contributed by atoms with van der Waals surface area (Å²) in [7, 11) is 0. The van der Waals surface area contributed by atoms with Gasteiger partial charge in [-0.2, -0.15) is 0 Å². The van der Waals surface area contributed by atoms with Crippen LogP contribution in [0.5, 0.6) is 0 Å². The van der Waals surface area contributed by atoms with Crippen molar-refractivity contribution >= 4 is 11.6 Å². The molecule has 0 radical (unpaired) electrons. The molecule has 2 rings (SSSR count). The van der Waals surface area contributed by atoms with Crippen LogP contribution in [0, 0.1) is 6.92 Å². The van der Waals surface area contributed by atoms with Gasteiger partial charge in [0.25, 0.3) is 0 Å². The number of ketones is 1. The fraction of sp³-hybridized carbons (Fsp3) is 0.333. The zero-order chi connectivity index (χ0) is 10.8. The zero-order valence-electron chi connectivity index (χ0n) is 8.79. The number of anilines is 1. The van der Waals surface area contributed by atoms with Crippen LogP contribution in [0.4, 0.5) is 5.82 Å². The number of carbonyl (C=O) groups excluding carboxylic acids is 1. The van der Waals surface area contributed by atoms with Gasteiger partial charge in [0.15, 0.2) is 5.78 Å². The Bertz CT molecular complexity index is 415. The Hall–Kier alpha value is -1.64. The summed E-state index contributed by atoms with van der Waals surface area (Å²) in [5.74, 6) is 0.392. The van der Waals surface area contributed by atoms with E-state index in [1.54, 1.807) is 6.20 Å². The van der Waals surface area contributed by atoms with E-state index in [1.165, 1.54) is 0 Å². The maximum atomic E-state index is 12.1. The quantitative estimate of drug-likeness (QED) is 0.748. The van der Waals surface area contributed by atoms with Crippen molar-refractivity contribution < 1.29 is 4.79 Å². The van der Waals surface area contributed by atoms with Crippen LogP contribution in [0.25, 0.3) is 0 Å². The Kier molecular flexibility index (Phi) is 2.54. The van der Waals surface area contributed by atoms with E-state index in [0.29, 0.717) is 11.4 Å². The van der Waals surface area contributed by atoms with Crippen LogP contribution in [0.1, 0.15) is 35.2 Å². The Morgan fingerprint density at radius 3 is 2.93 bits per heavy atom. The molecule has 2 N–H and O–H groups in total. The number of nitrogens with zero attached hydrogens (tertiary/aromatic N) is 1. The van der Waals surface area contributed by atoms with E-state index in [-0.39, 0.29) is 5.78 Å². The van der Waals surface area contributed by atoms with Gasteiger partial charge >= 0.3 is 0 Å². The summed E-state index contributed by atoms with van der Waals surface area (Å²) in [6.45, 7) is 1.89. The van der Waals surface area contributed by atoms with Crippen molar-refractivity contribution in [3.8, 4) is 0 Å². The molecule has 78 valence electrons. The van der Waals surface area contributed by atoms with Crippen molar-refractivity contribution in [2.24, 2.45) is 0 Å². The van der Waals surface area contributed by atoms with E-state index in [9.17, 15) is 4.79 Å². The molecule has 1 aromatic heterocycles. The van der Waals surface area contributed by atoms with Gasteiger partial charge in [-0.3, -0.25) is 4.79 Å². The van der Waals surface area contributed by atoms with Crippen LogP contribution in [-0.2, 0) is 0 Å². The number of aromatic nitrogens is 1. The molecule has 0 saturated heterocycles. The normalized spacial score (nSPS) is 15.1. The molecule has 0 amide bonds. The lowest BCUT2D eigenvalue weighted by Crippen LogP contribution is -2.09. The molecule has 0 aromatic carbocycles. The second-order valence-electron chi connectivity index (χ2n) is 3.84. The lowest BCUT2D eigenvalue weighted by atomic mass is 10.00. The number of carbonyl (C=O) groups is 1. The van der Waals surface area contributed by atoms with E-state index < -0.39 is 0 Å². The van der Waals surface area contributed by atoms with Crippen LogP contribution in [0.2, 0.25) is 0 Å². The van der Waals surface area contributed by atoms with Gasteiger partial charge < -0.3 is 5.73 Å². The Labute approximate surface area is 89.0 Å². The Morgan fingerprint density at radius 2 is 2.33 bits per heavy atom. The monoisotopic (exact) mass is 202 g/mol. The minimum atomic E-state index is 0.0515. The molecule has 0 fully saturated rings. The second kappa shape index (κ2) is 3.85. The predicted octanol–water partition coefficient (Wildman–Crippen LogP) is 2.27. The molecule has 0 spiro atoms. The number of nitrogen functional groups attached to an aromatic ring is 1. The van der Waals surface area contributed by atoms with Crippen molar-refractivity contribution in [2.75, 3.05) is 5.73 Å². The predicted molar refractivity (Wildman–Crippen MR) is 59.7 cm³/mol. The smallest absolute Gasteiger partial charge is 0.192 e. The van der Waals surface area contributed by atoms with E-state index in [1.807, 2.05) is 19.1 Å². The van der Waals surface area contributed by atoms with Gasteiger partial charge in [-0.25, -0.2) is 4.98 Å². The van der Waals surface area contributed by atoms with Crippen LogP contribution >= 0.6 is 0 Å². The van der Waals surface area contributed by atoms with E-state index >= 15 is 0 Å². The summed E-state index contributed by atoms with van der Waals surface area (Å²) in [6, 6.07) is 1.82. The minimum Gasteiger partial charge on any atom is -0.383 e. The number of nitrogens with two attached hydrogens (primary N) is 1. The Balaban J connectivity index is 2.41. The molecule has 3 nitrogen and oxygen atoms in total. The highest BCUT2D eigenvalue weighted by Gasteiger charge is 2.19. The van der Waals surface area contributed by atoms with Crippen molar-refractivity contribution in [1.82, 2.24) is 4.98 Å². The minimum absolute atomic E-state index is 0.0515. The average Bonchev–Trinajstić information content (AvgIpc) is 2.69. The molecule has 1 aliphatic rings. The SMILES string of the molecule is Cc1ccnc(N)c1C(=O)C1=CCCC1. The van der Waals surface area contributed by atoms with Crippen LogP contribution in [0.15, 0.2) is 23.9 Å². The topological polar surface area (TPSA) is 56.0 Å². The van der Waals surface area contributed by atoms with E-state index in [0.717, 1.165) is 30.4 Å². The third kappa shape index (κ3) is 1.77. The van der Waals surface area contributed by atoms with Crippen molar-refractivity contribution in [3.63, 3.8) is 0 Å². The molecule has 0 unspecified atom stereocenters. The highest BCUT2D eigenvalue weighted by molar-refractivity contribution is 6.12. The van der Waals surface area contributed by atoms with Gasteiger partial charge in [0, 0.05) is 6.20 Å². The second-order valence-corrected chi connectivity index (χ2v) is 3.84. The van der Waals surface area contributed by atoms with Crippen molar-refractivity contribution in [2.45, 2.75) is 26.2 Å². The first kappa shape index (κ1) is 9.90. The van der Waals surface area contributed by atoms with E-state index in [4.69, 9.17) is 5.73 Å². The summed E-state index contributed by atoms with van der Waals surface area (Å²) in [5.41, 5.74) is 8.10. The van der Waals surface area contributed by atoms with Gasteiger partial charge in [-0.15, -0.1) is 0 Å². The Morgan fingerprint density at radius 1 is 1.53 bits per heavy atom. The summed E-state index contributed by atoms with van der Waals surface area (Å²) in [5, 5.41) is 0. The number of allylic oxidation sites excluding steroid dienone is 2. The number of aryl methyl sites for hydroxylation is 1. The van der Waals surface area contributed by atoms with Gasteiger partial charge in [0.2, 0.25) is 0 Å². The van der Waals surface area contributed by atoms with Crippen LogP contribution in [-0.4, -0.2) is 10.8 Å². The third-order valence-electron chi connectivity index (χ3n) is 2.75. The number of rotatable bonds is 2. The van der Waals surface area contributed by atoms with Crippen molar-refractivity contribution in [1.29, 1.82) is 0 Å². The lowest BCUT2D eigenvalue weighted by molar-refractivity contribution is 0.103. The standard InChI is InChI=1S/C12H14N2O/c1-8-6-7-14-12(13)10(8)11(15)9-4-2-3-5-9/h4,6-7H,2-3,5H2,1H3,(H2,13,14). The highest BCUT2D eigenvalue weighted by Crippen LogP contribution is 2.25. The van der Waals surface area contributed by atoms with Gasteiger partial charge in [-0.1, -0.05) is 6.08 Å². The van der Waals surface area contributed by atoms with E-state index in [2.05, 4.69) is 4.98 Å². The summed E-state index contributed by atoms with van der Waals surface area (Å²) in [4.78, 5) is 16.1. The fourth-order valence-corrected chi connectivity index (χ4v) is 1.91. The third-order valence-corrected chi connectivity index (χ3v) is 2.75. The molecule has 1 aromatic rings. The molecule has 3 heteroatoms. The molecule has 0 atom stereocenters. The average molecular weight is 202 g/mol. The lowest BCUT2D eigenvalue weighted by Gasteiger charge is -2.07. The summed E-state index contributed by atoms with van der Waals surface area (Å²) < 4.78 is 0. The zero-order valence-corrected chi connectivity index (χ0v) is 8.79.